The fourth-order valence-electron chi connectivity index (χ4n) is 1.16. The molecule has 15 heavy (non-hydrogen) atoms. The van der Waals surface area contributed by atoms with Crippen molar-refractivity contribution in [3.63, 3.8) is 0 Å². The number of aromatic amines is 1. The predicted molar refractivity (Wildman–Crippen MR) is 62.4 cm³/mol. The van der Waals surface area contributed by atoms with Gasteiger partial charge >= 0.3 is 0 Å². The Morgan fingerprint density at radius 3 is 2.33 bits per heavy atom. The topological polar surface area (TPSA) is 31.9 Å². The largest absolute Gasteiger partial charge is 0.351 e. The molecule has 3 heteroatoms. The summed E-state index contributed by atoms with van der Waals surface area (Å²) in [4.78, 5) is 8.58. The SMILES string of the molecule is CN(C)Cc1ccccc1.c1c[nH]cn1. The van der Waals surface area contributed by atoms with E-state index in [0.717, 1.165) is 6.54 Å². The molecule has 3 nitrogen and oxygen atoms in total. The minimum atomic E-state index is 1.03. The van der Waals surface area contributed by atoms with E-state index in [0.29, 0.717) is 0 Å². The molecule has 0 fully saturated rings. The Morgan fingerprint density at radius 2 is 1.93 bits per heavy atom. The van der Waals surface area contributed by atoms with Gasteiger partial charge in [0.25, 0.3) is 0 Å². The van der Waals surface area contributed by atoms with E-state index in [4.69, 9.17) is 0 Å². The molecule has 0 aliphatic rings. The van der Waals surface area contributed by atoms with Crippen LogP contribution in [0.1, 0.15) is 5.56 Å². The molecule has 0 amide bonds. The highest BCUT2D eigenvalue weighted by molar-refractivity contribution is 5.14. The number of aromatic nitrogens is 2. The monoisotopic (exact) mass is 203 g/mol. The molecule has 0 spiro atoms. The number of imidazole rings is 1. The summed E-state index contributed by atoms with van der Waals surface area (Å²) in [5.41, 5.74) is 1.37. The van der Waals surface area contributed by atoms with Gasteiger partial charge in [-0.3, -0.25) is 0 Å². The second kappa shape index (κ2) is 6.79. The van der Waals surface area contributed by atoms with Crippen LogP contribution in [0.25, 0.3) is 0 Å². The Kier molecular flexibility index (Phi) is 5.19. The lowest BCUT2D eigenvalue weighted by molar-refractivity contribution is 0.402. The normalized spacial score (nSPS) is 9.53. The van der Waals surface area contributed by atoms with Crippen LogP contribution in [-0.4, -0.2) is 29.0 Å². The molecule has 1 N–H and O–H groups in total. The zero-order chi connectivity index (χ0) is 10.9. The highest BCUT2D eigenvalue weighted by atomic mass is 15.0. The lowest BCUT2D eigenvalue weighted by Crippen LogP contribution is -2.10. The molecule has 0 saturated heterocycles. The molecular weight excluding hydrogens is 186 g/mol. The van der Waals surface area contributed by atoms with Gasteiger partial charge < -0.3 is 9.88 Å². The van der Waals surface area contributed by atoms with Gasteiger partial charge in [0.2, 0.25) is 0 Å². The summed E-state index contributed by atoms with van der Waals surface area (Å²) in [5.74, 6) is 0. The summed E-state index contributed by atoms with van der Waals surface area (Å²) in [6, 6.07) is 10.5. The van der Waals surface area contributed by atoms with Crippen LogP contribution in [0.4, 0.5) is 0 Å². The van der Waals surface area contributed by atoms with Crippen LogP contribution in [0.3, 0.4) is 0 Å². The van der Waals surface area contributed by atoms with Crippen molar-refractivity contribution in [2.75, 3.05) is 14.1 Å². The molecule has 2 rings (SSSR count). The fourth-order valence-corrected chi connectivity index (χ4v) is 1.16. The van der Waals surface area contributed by atoms with E-state index in [2.05, 4.69) is 53.2 Å². The van der Waals surface area contributed by atoms with Gasteiger partial charge in [0.1, 0.15) is 0 Å². The van der Waals surface area contributed by atoms with Crippen molar-refractivity contribution in [1.82, 2.24) is 14.9 Å². The Bertz CT molecular complexity index is 310. The summed E-state index contributed by atoms with van der Waals surface area (Å²) >= 11 is 0. The smallest absolute Gasteiger partial charge is 0.0919 e. The van der Waals surface area contributed by atoms with E-state index < -0.39 is 0 Å². The summed E-state index contributed by atoms with van der Waals surface area (Å²) in [5, 5.41) is 0. The lowest BCUT2D eigenvalue weighted by atomic mass is 10.2. The van der Waals surface area contributed by atoms with E-state index in [1.165, 1.54) is 5.56 Å². The number of hydrogen-bond acceptors (Lipinski definition) is 2. The highest BCUT2D eigenvalue weighted by Gasteiger charge is 1.90. The van der Waals surface area contributed by atoms with Crippen LogP contribution in [0.2, 0.25) is 0 Å². The molecule has 0 aliphatic heterocycles. The van der Waals surface area contributed by atoms with Crippen LogP contribution < -0.4 is 0 Å². The molecule has 0 radical (unpaired) electrons. The van der Waals surface area contributed by atoms with Crippen molar-refractivity contribution in [2.24, 2.45) is 0 Å². The molecule has 1 aromatic heterocycles. The third-order valence-corrected chi connectivity index (χ3v) is 1.75. The molecule has 0 aliphatic carbocycles. The van der Waals surface area contributed by atoms with Crippen molar-refractivity contribution in [3.05, 3.63) is 54.6 Å². The second-order valence-corrected chi connectivity index (χ2v) is 3.48. The van der Waals surface area contributed by atoms with Gasteiger partial charge in [-0.25, -0.2) is 4.98 Å². The molecule has 1 heterocycles. The molecule has 0 bridgehead atoms. The summed E-state index contributed by atoms with van der Waals surface area (Å²) in [6.07, 6.45) is 5.08. The Hall–Kier alpha value is -1.61. The third kappa shape index (κ3) is 5.65. The van der Waals surface area contributed by atoms with Crippen LogP contribution in [0, 0.1) is 0 Å². The third-order valence-electron chi connectivity index (χ3n) is 1.75. The van der Waals surface area contributed by atoms with E-state index >= 15 is 0 Å². The summed E-state index contributed by atoms with van der Waals surface area (Å²) in [6.45, 7) is 1.03. The van der Waals surface area contributed by atoms with Crippen LogP contribution in [-0.2, 0) is 6.54 Å². The standard InChI is InChI=1S/C9H13N.C3H4N2/c1-10(2)8-9-6-4-3-5-7-9;1-2-5-3-4-1/h3-7H,8H2,1-2H3;1-3H,(H,4,5). The number of rotatable bonds is 2. The number of H-pyrrole nitrogens is 1. The van der Waals surface area contributed by atoms with Gasteiger partial charge in [-0.1, -0.05) is 30.3 Å². The van der Waals surface area contributed by atoms with Crippen LogP contribution in [0.5, 0.6) is 0 Å². The number of nitrogens with one attached hydrogen (secondary N) is 1. The first-order chi connectivity index (χ1) is 7.29. The summed E-state index contributed by atoms with van der Waals surface area (Å²) < 4.78 is 0. The fraction of sp³-hybridized carbons (Fsp3) is 0.250. The second-order valence-electron chi connectivity index (χ2n) is 3.48. The van der Waals surface area contributed by atoms with E-state index in [-0.39, 0.29) is 0 Å². The van der Waals surface area contributed by atoms with Crippen molar-refractivity contribution in [3.8, 4) is 0 Å². The highest BCUT2D eigenvalue weighted by Crippen LogP contribution is 1.99. The zero-order valence-electron chi connectivity index (χ0n) is 9.22. The average molecular weight is 203 g/mol. The van der Waals surface area contributed by atoms with Crippen molar-refractivity contribution >= 4 is 0 Å². The number of hydrogen-bond donors (Lipinski definition) is 1. The summed E-state index contributed by atoms with van der Waals surface area (Å²) in [7, 11) is 4.15. The first-order valence-electron chi connectivity index (χ1n) is 4.90. The van der Waals surface area contributed by atoms with Crippen molar-refractivity contribution in [2.45, 2.75) is 6.54 Å². The molecule has 1 aromatic carbocycles. The first-order valence-corrected chi connectivity index (χ1v) is 4.90. The Labute approximate surface area is 90.8 Å². The number of nitrogens with zero attached hydrogens (tertiary/aromatic N) is 2. The van der Waals surface area contributed by atoms with E-state index in [1.807, 2.05) is 6.07 Å². The Morgan fingerprint density at radius 1 is 1.20 bits per heavy atom. The van der Waals surface area contributed by atoms with Crippen LogP contribution >= 0.6 is 0 Å². The quantitative estimate of drug-likeness (QED) is 0.811. The molecule has 2 aromatic rings. The maximum absolute atomic E-state index is 3.67. The van der Waals surface area contributed by atoms with Gasteiger partial charge in [0.15, 0.2) is 0 Å². The molecule has 0 atom stereocenters. The lowest BCUT2D eigenvalue weighted by Gasteiger charge is -2.08. The van der Waals surface area contributed by atoms with Gasteiger partial charge in [-0.15, -0.1) is 0 Å². The van der Waals surface area contributed by atoms with Crippen LogP contribution in [0.15, 0.2) is 49.1 Å². The van der Waals surface area contributed by atoms with E-state index in [9.17, 15) is 0 Å². The number of benzene rings is 1. The molecule has 0 unspecified atom stereocenters. The van der Waals surface area contributed by atoms with Gasteiger partial charge in [0.05, 0.1) is 6.33 Å². The minimum absolute atomic E-state index is 1.03. The molecule has 80 valence electrons. The molecular formula is C12H17N3. The maximum atomic E-state index is 3.67. The minimum Gasteiger partial charge on any atom is -0.351 e. The van der Waals surface area contributed by atoms with E-state index in [1.54, 1.807) is 18.7 Å². The zero-order valence-corrected chi connectivity index (χ0v) is 9.22. The first kappa shape index (κ1) is 11.5. The predicted octanol–water partition coefficient (Wildman–Crippen LogP) is 2.16. The Balaban J connectivity index is 0.000000187. The maximum Gasteiger partial charge on any atom is 0.0919 e. The van der Waals surface area contributed by atoms with Gasteiger partial charge in [-0.2, -0.15) is 0 Å². The van der Waals surface area contributed by atoms with Crippen molar-refractivity contribution in [1.29, 1.82) is 0 Å². The average Bonchev–Trinajstić information content (AvgIpc) is 2.76. The van der Waals surface area contributed by atoms with Crippen molar-refractivity contribution < 1.29 is 0 Å². The van der Waals surface area contributed by atoms with Gasteiger partial charge in [0, 0.05) is 18.9 Å². The molecule has 0 saturated carbocycles. The van der Waals surface area contributed by atoms with Gasteiger partial charge in [-0.05, 0) is 19.7 Å².